The molecule has 1 heterocycles. The zero-order valence-corrected chi connectivity index (χ0v) is 11.3. The van der Waals surface area contributed by atoms with Gasteiger partial charge in [0.2, 0.25) is 0 Å². The molecule has 0 fully saturated rings. The molecule has 5 nitrogen and oxygen atoms in total. The fourth-order valence-electron chi connectivity index (χ4n) is 2.03. The van der Waals surface area contributed by atoms with Crippen molar-refractivity contribution in [1.82, 2.24) is 9.55 Å². The number of benzene rings is 1. The van der Waals surface area contributed by atoms with Gasteiger partial charge in [0.05, 0.1) is 19.3 Å². The van der Waals surface area contributed by atoms with Crippen molar-refractivity contribution in [3.63, 3.8) is 0 Å². The highest BCUT2D eigenvalue weighted by molar-refractivity contribution is 5.54. The van der Waals surface area contributed by atoms with Crippen LogP contribution in [0.4, 0.5) is 5.69 Å². The first-order valence-corrected chi connectivity index (χ1v) is 5.98. The molecule has 0 saturated carbocycles. The van der Waals surface area contributed by atoms with Gasteiger partial charge in [-0.1, -0.05) is 6.07 Å². The van der Waals surface area contributed by atoms with Crippen LogP contribution in [0.2, 0.25) is 0 Å². The third-order valence-electron chi connectivity index (χ3n) is 2.98. The molecule has 19 heavy (non-hydrogen) atoms. The molecule has 0 radical (unpaired) electrons. The van der Waals surface area contributed by atoms with Gasteiger partial charge in [0.25, 0.3) is 0 Å². The normalized spacial score (nSPS) is 10.5. The van der Waals surface area contributed by atoms with Gasteiger partial charge in [-0.3, -0.25) is 4.57 Å². The van der Waals surface area contributed by atoms with E-state index >= 15 is 0 Å². The van der Waals surface area contributed by atoms with Gasteiger partial charge >= 0.3 is 5.69 Å². The Morgan fingerprint density at radius 1 is 1.32 bits per heavy atom. The third kappa shape index (κ3) is 2.76. The molecule has 0 aliphatic heterocycles. The van der Waals surface area contributed by atoms with Gasteiger partial charge in [-0.05, 0) is 37.6 Å². The minimum Gasteiger partial charge on any atom is -0.495 e. The van der Waals surface area contributed by atoms with Crippen molar-refractivity contribution in [2.45, 2.75) is 20.4 Å². The molecule has 0 bridgehead atoms. The number of hydrogen-bond acceptors (Lipinski definition) is 4. The summed E-state index contributed by atoms with van der Waals surface area (Å²) in [6, 6.07) is 7.38. The number of methoxy groups -OCH3 is 1. The summed E-state index contributed by atoms with van der Waals surface area (Å²) in [5.41, 5.74) is 8.73. The fourth-order valence-corrected chi connectivity index (χ4v) is 2.03. The van der Waals surface area contributed by atoms with E-state index in [1.165, 1.54) is 0 Å². The van der Waals surface area contributed by atoms with Gasteiger partial charge in [0.15, 0.2) is 0 Å². The molecule has 0 atom stereocenters. The van der Waals surface area contributed by atoms with Crippen LogP contribution in [0.3, 0.4) is 0 Å². The van der Waals surface area contributed by atoms with E-state index in [2.05, 4.69) is 4.98 Å². The number of hydrogen-bond donors (Lipinski definition) is 1. The second kappa shape index (κ2) is 5.14. The van der Waals surface area contributed by atoms with Crippen LogP contribution in [0.1, 0.15) is 17.0 Å². The van der Waals surface area contributed by atoms with Crippen molar-refractivity contribution in [3.8, 4) is 5.75 Å². The molecule has 0 unspecified atom stereocenters. The Balaban J connectivity index is 2.37. The second-order valence-corrected chi connectivity index (χ2v) is 4.48. The SMILES string of the molecule is COc1ccc(Cn2c(C)cc(C)nc2=O)cc1N. The average molecular weight is 259 g/mol. The van der Waals surface area contributed by atoms with E-state index in [-0.39, 0.29) is 5.69 Å². The first kappa shape index (κ1) is 13.1. The van der Waals surface area contributed by atoms with E-state index in [9.17, 15) is 4.79 Å². The highest BCUT2D eigenvalue weighted by Crippen LogP contribution is 2.22. The van der Waals surface area contributed by atoms with E-state index in [1.807, 2.05) is 32.0 Å². The highest BCUT2D eigenvalue weighted by atomic mass is 16.5. The Morgan fingerprint density at radius 2 is 2.05 bits per heavy atom. The van der Waals surface area contributed by atoms with Crippen molar-refractivity contribution in [2.75, 3.05) is 12.8 Å². The molecular formula is C14H17N3O2. The Labute approximate surface area is 111 Å². The van der Waals surface area contributed by atoms with E-state index < -0.39 is 0 Å². The second-order valence-electron chi connectivity index (χ2n) is 4.48. The summed E-state index contributed by atoms with van der Waals surface area (Å²) in [4.78, 5) is 15.8. The third-order valence-corrected chi connectivity index (χ3v) is 2.98. The minimum atomic E-state index is -0.244. The largest absolute Gasteiger partial charge is 0.495 e. The molecule has 100 valence electrons. The maximum Gasteiger partial charge on any atom is 0.348 e. The number of aryl methyl sites for hydroxylation is 2. The number of aromatic nitrogens is 2. The molecule has 0 saturated heterocycles. The maximum absolute atomic E-state index is 11.9. The molecule has 1 aromatic carbocycles. The molecule has 2 N–H and O–H groups in total. The Kier molecular flexibility index (Phi) is 3.55. The predicted octanol–water partition coefficient (Wildman–Crippen LogP) is 1.50. The standard InChI is InChI=1S/C14H17N3O2/c1-9-6-10(2)17(14(18)16-9)8-11-4-5-13(19-3)12(15)7-11/h4-7H,8,15H2,1-3H3. The minimum absolute atomic E-state index is 0.244. The van der Waals surface area contributed by atoms with Crippen LogP contribution >= 0.6 is 0 Å². The lowest BCUT2D eigenvalue weighted by Gasteiger charge is -2.11. The zero-order valence-electron chi connectivity index (χ0n) is 11.3. The number of nitrogens with zero attached hydrogens (tertiary/aromatic N) is 2. The van der Waals surface area contributed by atoms with Crippen LogP contribution in [-0.2, 0) is 6.54 Å². The summed E-state index contributed by atoms with van der Waals surface area (Å²) in [5.74, 6) is 0.634. The average Bonchev–Trinajstić information content (AvgIpc) is 2.34. The van der Waals surface area contributed by atoms with Crippen LogP contribution in [0.25, 0.3) is 0 Å². The Morgan fingerprint density at radius 3 is 2.63 bits per heavy atom. The molecule has 5 heteroatoms. The first-order chi connectivity index (χ1) is 9.01. The molecule has 2 aromatic rings. The van der Waals surface area contributed by atoms with Gasteiger partial charge in [-0.15, -0.1) is 0 Å². The molecule has 1 aromatic heterocycles. The van der Waals surface area contributed by atoms with Gasteiger partial charge in [0, 0.05) is 11.4 Å². The summed E-state index contributed by atoms with van der Waals surface area (Å²) in [6.07, 6.45) is 0. The van der Waals surface area contributed by atoms with Crippen LogP contribution in [0.5, 0.6) is 5.75 Å². The van der Waals surface area contributed by atoms with Crippen LogP contribution in [0.15, 0.2) is 29.1 Å². The quantitative estimate of drug-likeness (QED) is 0.848. The summed E-state index contributed by atoms with van der Waals surface area (Å²) >= 11 is 0. The predicted molar refractivity (Wildman–Crippen MR) is 74.5 cm³/mol. The first-order valence-electron chi connectivity index (χ1n) is 5.98. The highest BCUT2D eigenvalue weighted by Gasteiger charge is 2.06. The van der Waals surface area contributed by atoms with Crippen molar-refractivity contribution in [3.05, 3.63) is 51.7 Å². The maximum atomic E-state index is 11.9. The number of rotatable bonds is 3. The van der Waals surface area contributed by atoms with Crippen LogP contribution in [0, 0.1) is 13.8 Å². The lowest BCUT2D eigenvalue weighted by Crippen LogP contribution is -2.26. The van der Waals surface area contributed by atoms with E-state index in [4.69, 9.17) is 10.5 Å². The zero-order chi connectivity index (χ0) is 14.0. The Bertz CT molecular complexity index is 662. The lowest BCUT2D eigenvalue weighted by molar-refractivity contribution is 0.417. The van der Waals surface area contributed by atoms with Crippen molar-refractivity contribution >= 4 is 5.69 Å². The van der Waals surface area contributed by atoms with E-state index in [0.717, 1.165) is 17.0 Å². The van der Waals surface area contributed by atoms with Gasteiger partial charge in [-0.25, -0.2) is 4.79 Å². The van der Waals surface area contributed by atoms with Gasteiger partial charge < -0.3 is 10.5 Å². The van der Waals surface area contributed by atoms with Crippen molar-refractivity contribution in [1.29, 1.82) is 0 Å². The summed E-state index contributed by atoms with van der Waals surface area (Å²) in [6.45, 7) is 4.15. The monoisotopic (exact) mass is 259 g/mol. The van der Waals surface area contributed by atoms with Gasteiger partial charge in [0.1, 0.15) is 5.75 Å². The van der Waals surface area contributed by atoms with Gasteiger partial charge in [-0.2, -0.15) is 4.98 Å². The van der Waals surface area contributed by atoms with Crippen LogP contribution in [-0.4, -0.2) is 16.7 Å². The molecule has 0 aliphatic carbocycles. The molecule has 2 rings (SSSR count). The smallest absolute Gasteiger partial charge is 0.348 e. The fraction of sp³-hybridized carbons (Fsp3) is 0.286. The summed E-state index contributed by atoms with van der Waals surface area (Å²) < 4.78 is 6.73. The van der Waals surface area contributed by atoms with E-state index in [0.29, 0.717) is 18.0 Å². The van der Waals surface area contributed by atoms with Crippen molar-refractivity contribution in [2.24, 2.45) is 0 Å². The number of ether oxygens (including phenoxy) is 1. The topological polar surface area (TPSA) is 70.1 Å². The lowest BCUT2D eigenvalue weighted by atomic mass is 10.2. The number of anilines is 1. The Hall–Kier alpha value is -2.30. The number of nitrogens with two attached hydrogens (primary N) is 1. The molecule has 0 spiro atoms. The van der Waals surface area contributed by atoms with Crippen molar-refractivity contribution < 1.29 is 4.74 Å². The molecular weight excluding hydrogens is 242 g/mol. The van der Waals surface area contributed by atoms with Crippen LogP contribution < -0.4 is 16.2 Å². The molecule has 0 aliphatic rings. The van der Waals surface area contributed by atoms with E-state index in [1.54, 1.807) is 17.7 Å². The molecule has 0 amide bonds. The summed E-state index contributed by atoms with van der Waals surface area (Å²) in [7, 11) is 1.57. The number of nitrogen functional groups attached to an aromatic ring is 1. The summed E-state index contributed by atoms with van der Waals surface area (Å²) in [5, 5.41) is 0.